The summed E-state index contributed by atoms with van der Waals surface area (Å²) in [6.45, 7) is 2.69. The highest BCUT2D eigenvalue weighted by atomic mass is 16.5. The summed E-state index contributed by atoms with van der Waals surface area (Å²) in [5.74, 6) is -0.0930. The Morgan fingerprint density at radius 3 is 2.74 bits per heavy atom. The molecule has 1 amide bonds. The van der Waals surface area contributed by atoms with Gasteiger partial charge < -0.3 is 25.9 Å². The lowest BCUT2D eigenvalue weighted by molar-refractivity contribution is -0.126. The molecular weight excluding hydrogens is 248 g/mol. The Morgan fingerprint density at radius 2 is 2.21 bits per heavy atom. The van der Waals surface area contributed by atoms with Crippen LogP contribution in [-0.4, -0.2) is 60.7 Å². The number of piperidine rings is 1. The van der Waals surface area contributed by atoms with Crippen LogP contribution in [0.15, 0.2) is 5.16 Å². The van der Waals surface area contributed by atoms with E-state index in [-0.39, 0.29) is 17.7 Å². The average molecular weight is 270 g/mol. The Hall–Kier alpha value is -1.34. The number of ether oxygens (including phenoxy) is 1. The summed E-state index contributed by atoms with van der Waals surface area (Å²) in [4.78, 5) is 14.4. The molecule has 1 atom stereocenters. The van der Waals surface area contributed by atoms with Gasteiger partial charge in [0.1, 0.15) is 5.54 Å². The van der Waals surface area contributed by atoms with Crippen LogP contribution >= 0.6 is 0 Å². The number of likely N-dealkylation sites (tertiary alicyclic amines) is 1. The van der Waals surface area contributed by atoms with Crippen LogP contribution in [0.2, 0.25) is 0 Å². The van der Waals surface area contributed by atoms with Gasteiger partial charge in [0.15, 0.2) is 5.84 Å². The van der Waals surface area contributed by atoms with Crippen LogP contribution in [0.25, 0.3) is 0 Å². The molecule has 2 aliphatic rings. The van der Waals surface area contributed by atoms with E-state index in [9.17, 15) is 4.79 Å². The van der Waals surface area contributed by atoms with Gasteiger partial charge in [0, 0.05) is 19.7 Å². The monoisotopic (exact) mass is 270 g/mol. The molecule has 0 aromatic carbocycles. The number of carbonyl (C=O) groups is 1. The quantitative estimate of drug-likeness (QED) is 0.274. The van der Waals surface area contributed by atoms with Crippen LogP contribution in [0.4, 0.5) is 0 Å². The number of amidine groups is 1. The Balaban J connectivity index is 2.07. The maximum Gasteiger partial charge on any atom is 0.226 e. The molecule has 2 aliphatic heterocycles. The Kier molecular flexibility index (Phi) is 4.26. The number of rotatable bonds is 3. The van der Waals surface area contributed by atoms with Crippen molar-refractivity contribution in [1.29, 1.82) is 0 Å². The van der Waals surface area contributed by atoms with E-state index in [1.54, 1.807) is 0 Å². The van der Waals surface area contributed by atoms with Crippen LogP contribution in [0, 0.1) is 5.92 Å². The second-order valence-electron chi connectivity index (χ2n) is 5.42. The van der Waals surface area contributed by atoms with Crippen molar-refractivity contribution in [2.45, 2.75) is 24.8 Å². The summed E-state index contributed by atoms with van der Waals surface area (Å²) >= 11 is 0. The first-order chi connectivity index (χ1) is 9.07. The van der Waals surface area contributed by atoms with Gasteiger partial charge in [0.05, 0.1) is 12.5 Å². The number of amides is 1. The highest BCUT2D eigenvalue weighted by molar-refractivity contribution is 5.94. The number of nitrogens with one attached hydrogen (secondary N) is 1. The Morgan fingerprint density at radius 1 is 1.53 bits per heavy atom. The molecule has 2 heterocycles. The van der Waals surface area contributed by atoms with Gasteiger partial charge in [0.2, 0.25) is 5.91 Å². The minimum Gasteiger partial charge on any atom is -0.409 e. The van der Waals surface area contributed by atoms with Crippen LogP contribution in [-0.2, 0) is 9.53 Å². The fraction of sp³-hybridized carbons (Fsp3) is 0.833. The highest BCUT2D eigenvalue weighted by Gasteiger charge is 2.41. The van der Waals surface area contributed by atoms with Crippen LogP contribution in [0.1, 0.15) is 19.3 Å². The highest BCUT2D eigenvalue weighted by Crippen LogP contribution is 2.24. The summed E-state index contributed by atoms with van der Waals surface area (Å²) < 4.78 is 5.22. The number of nitrogens with two attached hydrogens (primary N) is 1. The van der Waals surface area contributed by atoms with Gasteiger partial charge in [-0.25, -0.2) is 0 Å². The van der Waals surface area contributed by atoms with Crippen molar-refractivity contribution in [3.8, 4) is 0 Å². The van der Waals surface area contributed by atoms with Gasteiger partial charge >= 0.3 is 0 Å². The Bertz CT molecular complexity index is 358. The number of hydrogen-bond donors (Lipinski definition) is 3. The topological polar surface area (TPSA) is 100 Å². The minimum absolute atomic E-state index is 0.0614. The van der Waals surface area contributed by atoms with Crippen molar-refractivity contribution >= 4 is 11.7 Å². The van der Waals surface area contributed by atoms with Gasteiger partial charge in [-0.15, -0.1) is 0 Å². The molecule has 2 rings (SSSR count). The predicted molar refractivity (Wildman–Crippen MR) is 69.9 cm³/mol. The molecule has 0 saturated carbocycles. The normalized spacial score (nSPS) is 28.3. The van der Waals surface area contributed by atoms with Crippen molar-refractivity contribution in [3.05, 3.63) is 0 Å². The third-order valence-electron chi connectivity index (χ3n) is 4.10. The van der Waals surface area contributed by atoms with Gasteiger partial charge in [-0.3, -0.25) is 4.79 Å². The third-order valence-corrected chi connectivity index (χ3v) is 4.10. The van der Waals surface area contributed by atoms with E-state index in [0.717, 1.165) is 19.5 Å². The number of oxime groups is 1. The predicted octanol–water partition coefficient (Wildman–Crippen LogP) is -0.650. The summed E-state index contributed by atoms with van der Waals surface area (Å²) in [6.07, 6.45) is 2.04. The zero-order valence-corrected chi connectivity index (χ0v) is 11.3. The first-order valence-corrected chi connectivity index (χ1v) is 6.64. The molecule has 0 bridgehead atoms. The van der Waals surface area contributed by atoms with Gasteiger partial charge in [-0.05, 0) is 26.3 Å². The molecular formula is C12H22N4O3. The maximum absolute atomic E-state index is 12.2. The van der Waals surface area contributed by atoms with Crippen LogP contribution in [0.3, 0.4) is 0 Å². The van der Waals surface area contributed by atoms with Gasteiger partial charge in [-0.1, -0.05) is 5.16 Å². The smallest absolute Gasteiger partial charge is 0.226 e. The number of nitrogens with zero attached hydrogens (tertiary/aromatic N) is 2. The molecule has 0 aromatic heterocycles. The van der Waals surface area contributed by atoms with Crippen molar-refractivity contribution < 1.29 is 14.7 Å². The molecule has 2 saturated heterocycles. The molecule has 7 nitrogen and oxygen atoms in total. The van der Waals surface area contributed by atoms with Crippen molar-refractivity contribution in [3.63, 3.8) is 0 Å². The first kappa shape index (κ1) is 14.1. The van der Waals surface area contributed by atoms with E-state index in [4.69, 9.17) is 15.7 Å². The van der Waals surface area contributed by atoms with Crippen LogP contribution in [0.5, 0.6) is 0 Å². The molecule has 1 unspecified atom stereocenters. The summed E-state index contributed by atoms with van der Waals surface area (Å²) in [5.41, 5.74) is 5.09. The lowest BCUT2D eigenvalue weighted by atomic mass is 9.85. The standard InChI is InChI=1S/C12H22N4O3/c1-16-5-3-12(4-6-16,11(13)15-18)14-10(17)9-2-7-19-8-9/h9,18H,2-8H2,1H3,(H2,13,15)(H,14,17). The van der Waals surface area contributed by atoms with Gasteiger partial charge in [0.25, 0.3) is 0 Å². The molecule has 4 N–H and O–H groups in total. The zero-order chi connectivity index (χ0) is 13.9. The zero-order valence-electron chi connectivity index (χ0n) is 11.3. The summed E-state index contributed by atoms with van der Waals surface area (Å²) in [7, 11) is 2.02. The van der Waals surface area contributed by atoms with E-state index >= 15 is 0 Å². The minimum atomic E-state index is -0.721. The summed E-state index contributed by atoms with van der Waals surface area (Å²) in [5, 5.41) is 15.1. The van der Waals surface area contributed by atoms with E-state index in [1.165, 1.54) is 0 Å². The molecule has 0 spiro atoms. The molecule has 0 radical (unpaired) electrons. The average Bonchev–Trinajstić information content (AvgIpc) is 2.95. The van der Waals surface area contributed by atoms with Crippen molar-refractivity contribution in [1.82, 2.24) is 10.2 Å². The van der Waals surface area contributed by atoms with Gasteiger partial charge in [-0.2, -0.15) is 0 Å². The van der Waals surface area contributed by atoms with Crippen molar-refractivity contribution in [2.75, 3.05) is 33.4 Å². The van der Waals surface area contributed by atoms with E-state index in [1.807, 2.05) is 7.05 Å². The van der Waals surface area contributed by atoms with Crippen molar-refractivity contribution in [2.24, 2.45) is 16.8 Å². The largest absolute Gasteiger partial charge is 0.409 e. The number of hydrogen-bond acceptors (Lipinski definition) is 5. The lowest BCUT2D eigenvalue weighted by Gasteiger charge is -2.40. The molecule has 0 aromatic rings. The first-order valence-electron chi connectivity index (χ1n) is 6.64. The second-order valence-corrected chi connectivity index (χ2v) is 5.42. The summed E-state index contributed by atoms with van der Waals surface area (Å²) in [6, 6.07) is 0. The number of carbonyl (C=O) groups excluding carboxylic acids is 1. The van der Waals surface area contributed by atoms with E-state index in [2.05, 4.69) is 15.4 Å². The molecule has 0 aliphatic carbocycles. The maximum atomic E-state index is 12.2. The fourth-order valence-electron chi connectivity index (χ4n) is 2.62. The van der Waals surface area contributed by atoms with E-state index < -0.39 is 5.54 Å². The van der Waals surface area contributed by atoms with E-state index in [0.29, 0.717) is 26.1 Å². The Labute approximate surface area is 112 Å². The SMILES string of the molecule is CN1CCC(NC(=O)C2CCOC2)(C(N)=NO)CC1. The molecule has 19 heavy (non-hydrogen) atoms. The molecule has 2 fully saturated rings. The lowest BCUT2D eigenvalue weighted by Crippen LogP contribution is -2.62. The second kappa shape index (κ2) is 5.75. The molecule has 7 heteroatoms. The molecule has 108 valence electrons. The third kappa shape index (κ3) is 2.98. The van der Waals surface area contributed by atoms with Crippen LogP contribution < -0.4 is 11.1 Å². The fourth-order valence-corrected chi connectivity index (χ4v) is 2.62.